The molecule has 2 atom stereocenters. The average molecular weight is 342 g/mol. The lowest BCUT2D eigenvalue weighted by Gasteiger charge is -2.36. The Hall–Kier alpha value is -1.48. The van der Waals surface area contributed by atoms with Crippen molar-refractivity contribution in [3.8, 4) is 0 Å². The first-order valence-electron chi connectivity index (χ1n) is 7.31. The Balaban J connectivity index is 2.14. The third kappa shape index (κ3) is 5.28. The minimum Gasteiger partial charge on any atom is -0.382 e. The SMILES string of the molecule is COCC1CN(C(=O)c2cccc(CS(N)(=O)=O)c2)CC(C)O1. The van der Waals surface area contributed by atoms with Crippen molar-refractivity contribution in [1.82, 2.24) is 4.90 Å². The first-order valence-corrected chi connectivity index (χ1v) is 9.03. The normalized spacial score (nSPS) is 22.1. The lowest BCUT2D eigenvalue weighted by Crippen LogP contribution is -2.50. The van der Waals surface area contributed by atoms with Crippen LogP contribution in [0.1, 0.15) is 22.8 Å². The van der Waals surface area contributed by atoms with Crippen LogP contribution in [-0.2, 0) is 25.2 Å². The molecule has 23 heavy (non-hydrogen) atoms. The molecule has 1 aromatic rings. The molecule has 0 saturated carbocycles. The summed E-state index contributed by atoms with van der Waals surface area (Å²) in [6.07, 6.45) is -0.249. The van der Waals surface area contributed by atoms with Gasteiger partial charge in [0, 0.05) is 25.8 Å². The van der Waals surface area contributed by atoms with Gasteiger partial charge in [-0.3, -0.25) is 4.79 Å². The van der Waals surface area contributed by atoms with E-state index in [0.29, 0.717) is 30.8 Å². The molecule has 0 aliphatic carbocycles. The van der Waals surface area contributed by atoms with Crippen LogP contribution in [0.4, 0.5) is 0 Å². The highest BCUT2D eigenvalue weighted by Gasteiger charge is 2.29. The molecule has 1 fully saturated rings. The van der Waals surface area contributed by atoms with Gasteiger partial charge in [0.15, 0.2) is 0 Å². The maximum absolute atomic E-state index is 12.7. The first kappa shape index (κ1) is 17.9. The number of carbonyl (C=O) groups excluding carboxylic acids is 1. The van der Waals surface area contributed by atoms with E-state index in [1.165, 1.54) is 0 Å². The zero-order valence-corrected chi connectivity index (χ0v) is 14.1. The van der Waals surface area contributed by atoms with Gasteiger partial charge in [-0.2, -0.15) is 0 Å². The molecule has 1 aliphatic heterocycles. The van der Waals surface area contributed by atoms with Crippen molar-refractivity contribution in [2.45, 2.75) is 24.9 Å². The maximum atomic E-state index is 12.7. The fourth-order valence-corrected chi connectivity index (χ4v) is 3.34. The number of methoxy groups -OCH3 is 1. The molecule has 1 aromatic carbocycles. The molecule has 0 bridgehead atoms. The van der Waals surface area contributed by atoms with Gasteiger partial charge in [-0.15, -0.1) is 0 Å². The topological polar surface area (TPSA) is 98.9 Å². The van der Waals surface area contributed by atoms with E-state index in [4.69, 9.17) is 14.6 Å². The predicted octanol–water partition coefficient (Wildman–Crippen LogP) is 0.351. The molecule has 128 valence electrons. The van der Waals surface area contributed by atoms with Crippen molar-refractivity contribution in [3.05, 3.63) is 35.4 Å². The Bertz CT molecular complexity index is 662. The van der Waals surface area contributed by atoms with E-state index in [2.05, 4.69) is 0 Å². The number of morpholine rings is 1. The third-order valence-electron chi connectivity index (χ3n) is 3.51. The van der Waals surface area contributed by atoms with Crippen molar-refractivity contribution >= 4 is 15.9 Å². The van der Waals surface area contributed by atoms with Crippen LogP contribution in [0.15, 0.2) is 24.3 Å². The fourth-order valence-electron chi connectivity index (χ4n) is 2.70. The van der Waals surface area contributed by atoms with E-state index >= 15 is 0 Å². The van der Waals surface area contributed by atoms with Gasteiger partial charge in [0.25, 0.3) is 5.91 Å². The molecule has 1 aliphatic rings. The number of nitrogens with zero attached hydrogens (tertiary/aromatic N) is 1. The minimum atomic E-state index is -3.63. The Morgan fingerprint density at radius 3 is 2.83 bits per heavy atom. The average Bonchev–Trinajstić information content (AvgIpc) is 2.44. The van der Waals surface area contributed by atoms with Crippen LogP contribution in [-0.4, -0.2) is 58.2 Å². The minimum absolute atomic E-state index is 0.0829. The second-order valence-corrected chi connectivity index (χ2v) is 7.36. The lowest BCUT2D eigenvalue weighted by atomic mass is 10.1. The summed E-state index contributed by atoms with van der Waals surface area (Å²) in [4.78, 5) is 14.4. The second kappa shape index (κ2) is 7.39. The summed E-state index contributed by atoms with van der Waals surface area (Å²) in [5.41, 5.74) is 0.935. The van der Waals surface area contributed by atoms with Crippen LogP contribution in [0.25, 0.3) is 0 Å². The smallest absolute Gasteiger partial charge is 0.254 e. The predicted molar refractivity (Wildman–Crippen MR) is 85.4 cm³/mol. The standard InChI is InChI=1S/C15H22N2O5S/c1-11-7-17(8-14(22-11)9-21-2)15(18)13-5-3-4-12(6-13)10-23(16,19)20/h3-6,11,14H,7-10H2,1-2H3,(H2,16,19,20). The number of hydrogen-bond acceptors (Lipinski definition) is 5. The summed E-state index contributed by atoms with van der Waals surface area (Å²) in [5.74, 6) is -0.447. The van der Waals surface area contributed by atoms with Crippen LogP contribution in [0, 0.1) is 0 Å². The molecule has 1 heterocycles. The van der Waals surface area contributed by atoms with Crippen molar-refractivity contribution in [2.24, 2.45) is 5.14 Å². The van der Waals surface area contributed by atoms with Gasteiger partial charge in [0.05, 0.1) is 24.6 Å². The van der Waals surface area contributed by atoms with E-state index < -0.39 is 10.0 Å². The molecule has 2 rings (SSSR count). The van der Waals surface area contributed by atoms with Crippen LogP contribution in [0.3, 0.4) is 0 Å². The quantitative estimate of drug-likeness (QED) is 0.832. The second-order valence-electron chi connectivity index (χ2n) is 5.74. The summed E-state index contributed by atoms with van der Waals surface area (Å²) in [5, 5.41) is 5.05. The molecule has 0 spiro atoms. The van der Waals surface area contributed by atoms with Gasteiger partial charge in [0.2, 0.25) is 10.0 Å². The van der Waals surface area contributed by atoms with Gasteiger partial charge in [-0.1, -0.05) is 12.1 Å². The summed E-state index contributed by atoms with van der Waals surface area (Å²) < 4.78 is 33.2. The molecule has 2 N–H and O–H groups in total. The summed E-state index contributed by atoms with van der Waals surface area (Å²) in [7, 11) is -2.04. The molecule has 2 unspecified atom stereocenters. The Labute approximate surface area is 136 Å². The molecule has 0 aromatic heterocycles. The van der Waals surface area contributed by atoms with E-state index in [9.17, 15) is 13.2 Å². The first-order chi connectivity index (χ1) is 10.8. The molecule has 8 heteroatoms. The van der Waals surface area contributed by atoms with Gasteiger partial charge in [-0.05, 0) is 24.6 Å². The number of rotatable bonds is 5. The van der Waals surface area contributed by atoms with Gasteiger partial charge in [-0.25, -0.2) is 13.6 Å². The molecule has 1 amide bonds. The highest BCUT2D eigenvalue weighted by Crippen LogP contribution is 2.16. The molecular formula is C15H22N2O5S. The van der Waals surface area contributed by atoms with Crippen molar-refractivity contribution in [2.75, 3.05) is 26.8 Å². The van der Waals surface area contributed by atoms with Gasteiger partial charge in [0.1, 0.15) is 0 Å². The number of carbonyl (C=O) groups is 1. The molecule has 7 nitrogen and oxygen atoms in total. The number of ether oxygens (including phenoxy) is 2. The Morgan fingerprint density at radius 2 is 2.17 bits per heavy atom. The Morgan fingerprint density at radius 1 is 1.43 bits per heavy atom. The Kier molecular flexibility index (Phi) is 5.74. The van der Waals surface area contributed by atoms with Gasteiger partial charge < -0.3 is 14.4 Å². The third-order valence-corrected chi connectivity index (χ3v) is 4.24. The number of hydrogen-bond donors (Lipinski definition) is 1. The number of sulfonamides is 1. The number of amides is 1. The van der Waals surface area contributed by atoms with Gasteiger partial charge >= 0.3 is 0 Å². The van der Waals surface area contributed by atoms with Crippen LogP contribution < -0.4 is 5.14 Å². The van der Waals surface area contributed by atoms with E-state index in [0.717, 1.165) is 0 Å². The molecule has 1 saturated heterocycles. The zero-order valence-electron chi connectivity index (χ0n) is 13.3. The van der Waals surface area contributed by atoms with Crippen LogP contribution >= 0.6 is 0 Å². The summed E-state index contributed by atoms with van der Waals surface area (Å²) >= 11 is 0. The highest BCUT2D eigenvalue weighted by atomic mass is 32.2. The largest absolute Gasteiger partial charge is 0.382 e. The summed E-state index contributed by atoms with van der Waals surface area (Å²) in [6, 6.07) is 6.53. The molecule has 0 radical (unpaired) electrons. The van der Waals surface area contributed by atoms with Crippen molar-refractivity contribution < 1.29 is 22.7 Å². The maximum Gasteiger partial charge on any atom is 0.254 e. The fraction of sp³-hybridized carbons (Fsp3) is 0.533. The monoisotopic (exact) mass is 342 g/mol. The van der Waals surface area contributed by atoms with E-state index in [1.54, 1.807) is 36.3 Å². The van der Waals surface area contributed by atoms with Crippen molar-refractivity contribution in [1.29, 1.82) is 0 Å². The van der Waals surface area contributed by atoms with Crippen LogP contribution in [0.5, 0.6) is 0 Å². The number of nitrogens with two attached hydrogens (primary N) is 1. The highest BCUT2D eigenvalue weighted by molar-refractivity contribution is 7.88. The molecular weight excluding hydrogens is 320 g/mol. The van der Waals surface area contributed by atoms with Crippen molar-refractivity contribution in [3.63, 3.8) is 0 Å². The summed E-state index contributed by atoms with van der Waals surface area (Å²) in [6.45, 7) is 3.24. The van der Waals surface area contributed by atoms with Crippen LogP contribution in [0.2, 0.25) is 0 Å². The number of primary sulfonamides is 1. The van der Waals surface area contributed by atoms with E-state index in [-0.39, 0.29) is 23.9 Å². The zero-order chi connectivity index (χ0) is 17.0. The van der Waals surface area contributed by atoms with E-state index in [1.807, 2.05) is 6.92 Å². The lowest BCUT2D eigenvalue weighted by molar-refractivity contribution is -0.0918. The number of benzene rings is 1.